The van der Waals surface area contributed by atoms with Crippen LogP contribution in [0.3, 0.4) is 0 Å². The molecule has 222 valence electrons. The van der Waals surface area contributed by atoms with E-state index in [0.29, 0.717) is 24.3 Å². The van der Waals surface area contributed by atoms with Gasteiger partial charge in [0, 0.05) is 12.8 Å². The molecule has 0 bridgehead atoms. The lowest BCUT2D eigenvalue weighted by atomic mass is 9.82. The minimum absolute atomic E-state index is 0.00606. The Balaban J connectivity index is 2.40. The Morgan fingerprint density at radius 3 is 1.32 bits per heavy atom. The molecule has 6 heteroatoms. The summed E-state index contributed by atoms with van der Waals surface area (Å²) in [4.78, 5) is 27.0. The molecule has 0 radical (unpaired) electrons. The molecular formula is C34H50O4S2. The van der Waals surface area contributed by atoms with Crippen molar-refractivity contribution in [2.24, 2.45) is 0 Å². The van der Waals surface area contributed by atoms with Crippen molar-refractivity contribution in [3.63, 3.8) is 0 Å². The first-order valence-corrected chi connectivity index (χ1v) is 17.2. The normalized spacial score (nSPS) is 11.9. The summed E-state index contributed by atoms with van der Waals surface area (Å²) in [5.74, 6) is 0.767. The van der Waals surface area contributed by atoms with E-state index in [2.05, 4.69) is 79.7 Å². The van der Waals surface area contributed by atoms with Crippen LogP contribution in [0.5, 0.6) is 11.5 Å². The number of hydrogen-bond donors (Lipinski definition) is 0. The van der Waals surface area contributed by atoms with E-state index in [-0.39, 0.29) is 22.8 Å². The number of benzene rings is 2. The van der Waals surface area contributed by atoms with Crippen LogP contribution in [-0.2, 0) is 20.4 Å². The van der Waals surface area contributed by atoms with Crippen LogP contribution in [-0.4, -0.2) is 11.9 Å². The molecule has 2 rings (SSSR count). The summed E-state index contributed by atoms with van der Waals surface area (Å²) >= 11 is 0. The topological polar surface area (TPSA) is 52.6 Å². The molecule has 0 saturated heterocycles. The van der Waals surface area contributed by atoms with Gasteiger partial charge in [-0.1, -0.05) is 93.2 Å². The van der Waals surface area contributed by atoms with E-state index in [0.717, 1.165) is 61.2 Å². The van der Waals surface area contributed by atoms with Gasteiger partial charge in [-0.3, -0.25) is 9.59 Å². The SMILES string of the molecule is CCCCCC(=O)Oc1ccc(C(C)(C)CC)cc1SSc1cc(C(C)(C)CC)ccc1OC(=O)CCCCC. The molecule has 0 atom stereocenters. The number of carbonyl (C=O) groups is 2. The van der Waals surface area contributed by atoms with Gasteiger partial charge < -0.3 is 9.47 Å². The second kappa shape index (κ2) is 16.5. The first-order valence-electron chi connectivity index (χ1n) is 15.0. The highest BCUT2D eigenvalue weighted by atomic mass is 33.1. The third-order valence-corrected chi connectivity index (χ3v) is 10.3. The molecule has 0 aliphatic heterocycles. The molecule has 0 aromatic heterocycles. The summed E-state index contributed by atoms with van der Waals surface area (Å²) in [6.45, 7) is 17.5. The fourth-order valence-corrected chi connectivity index (χ4v) is 6.27. The van der Waals surface area contributed by atoms with Crippen LogP contribution in [0, 0.1) is 0 Å². The maximum atomic E-state index is 12.6. The van der Waals surface area contributed by atoms with E-state index >= 15 is 0 Å². The Kier molecular flexibility index (Phi) is 14.1. The Hall–Kier alpha value is -1.92. The van der Waals surface area contributed by atoms with Crippen LogP contribution >= 0.6 is 21.6 Å². The minimum Gasteiger partial charge on any atom is -0.425 e. The fraction of sp³-hybridized carbons (Fsp3) is 0.588. The smallest absolute Gasteiger partial charge is 0.311 e. The predicted octanol–water partition coefficient (Wildman–Crippen LogP) is 10.8. The molecule has 0 amide bonds. The van der Waals surface area contributed by atoms with Crippen molar-refractivity contribution in [3.05, 3.63) is 47.5 Å². The van der Waals surface area contributed by atoms with Crippen molar-refractivity contribution >= 4 is 33.5 Å². The maximum absolute atomic E-state index is 12.6. The van der Waals surface area contributed by atoms with Crippen LogP contribution in [0.15, 0.2) is 46.2 Å². The highest BCUT2D eigenvalue weighted by molar-refractivity contribution is 8.76. The van der Waals surface area contributed by atoms with Crippen molar-refractivity contribution in [1.82, 2.24) is 0 Å². The van der Waals surface area contributed by atoms with Crippen molar-refractivity contribution in [3.8, 4) is 11.5 Å². The summed E-state index contributed by atoms with van der Waals surface area (Å²) < 4.78 is 11.7. The van der Waals surface area contributed by atoms with Gasteiger partial charge in [-0.25, -0.2) is 0 Å². The summed E-state index contributed by atoms with van der Waals surface area (Å²) in [7, 11) is 3.10. The minimum atomic E-state index is -0.198. The van der Waals surface area contributed by atoms with Crippen LogP contribution < -0.4 is 9.47 Å². The molecule has 40 heavy (non-hydrogen) atoms. The molecule has 0 heterocycles. The number of rotatable bonds is 17. The highest BCUT2D eigenvalue weighted by Crippen LogP contribution is 2.47. The number of hydrogen-bond acceptors (Lipinski definition) is 6. The highest BCUT2D eigenvalue weighted by Gasteiger charge is 2.23. The van der Waals surface area contributed by atoms with Crippen molar-refractivity contribution < 1.29 is 19.1 Å². The van der Waals surface area contributed by atoms with Gasteiger partial charge in [0.05, 0.1) is 9.79 Å². The second-order valence-corrected chi connectivity index (χ2v) is 14.0. The van der Waals surface area contributed by atoms with Gasteiger partial charge in [-0.15, -0.1) is 0 Å². The van der Waals surface area contributed by atoms with Crippen LogP contribution in [0.2, 0.25) is 0 Å². The Morgan fingerprint density at radius 1 is 0.625 bits per heavy atom. The van der Waals surface area contributed by atoms with Crippen LogP contribution in [0.4, 0.5) is 0 Å². The molecule has 0 unspecified atom stereocenters. The van der Waals surface area contributed by atoms with Gasteiger partial charge >= 0.3 is 11.9 Å². The van der Waals surface area contributed by atoms with Crippen molar-refractivity contribution in [2.45, 2.75) is 140 Å². The zero-order valence-electron chi connectivity index (χ0n) is 26.0. The molecule has 2 aromatic carbocycles. The molecule has 0 aliphatic carbocycles. The molecule has 0 saturated carbocycles. The van der Waals surface area contributed by atoms with Crippen molar-refractivity contribution in [1.29, 1.82) is 0 Å². The summed E-state index contributed by atoms with van der Waals surface area (Å²) in [6, 6.07) is 12.3. The third kappa shape index (κ3) is 10.5. The Labute approximate surface area is 251 Å². The number of carbonyl (C=O) groups excluding carboxylic acids is 2. The quantitative estimate of drug-likeness (QED) is 0.0795. The first kappa shape index (κ1) is 34.3. The van der Waals surface area contributed by atoms with Gasteiger partial charge in [0.15, 0.2) is 0 Å². The van der Waals surface area contributed by atoms with E-state index < -0.39 is 0 Å². The summed E-state index contributed by atoms with van der Waals surface area (Å²) in [5, 5.41) is 0. The van der Waals surface area contributed by atoms with Gasteiger partial charge in [0.25, 0.3) is 0 Å². The van der Waals surface area contributed by atoms with Crippen LogP contribution in [0.1, 0.15) is 131 Å². The molecule has 0 aliphatic rings. The van der Waals surface area contributed by atoms with E-state index in [1.54, 1.807) is 21.6 Å². The number of ether oxygens (including phenoxy) is 2. The average molecular weight is 587 g/mol. The largest absolute Gasteiger partial charge is 0.425 e. The third-order valence-electron chi connectivity index (χ3n) is 7.86. The van der Waals surface area contributed by atoms with Gasteiger partial charge in [-0.2, -0.15) is 0 Å². The van der Waals surface area contributed by atoms with Crippen LogP contribution in [0.25, 0.3) is 0 Å². The van der Waals surface area contributed by atoms with Crippen molar-refractivity contribution in [2.75, 3.05) is 0 Å². The van der Waals surface area contributed by atoms with E-state index in [1.165, 1.54) is 11.1 Å². The summed E-state index contributed by atoms with van der Waals surface area (Å²) in [5.41, 5.74) is 2.39. The zero-order valence-corrected chi connectivity index (χ0v) is 27.6. The molecule has 0 spiro atoms. The lowest BCUT2D eigenvalue weighted by Crippen LogP contribution is -2.16. The van der Waals surface area contributed by atoms with E-state index in [4.69, 9.17) is 9.47 Å². The Morgan fingerprint density at radius 2 is 1.00 bits per heavy atom. The van der Waals surface area contributed by atoms with E-state index in [1.807, 2.05) is 12.1 Å². The van der Waals surface area contributed by atoms with Gasteiger partial charge in [-0.05, 0) is 93.5 Å². The monoisotopic (exact) mass is 586 g/mol. The maximum Gasteiger partial charge on any atom is 0.311 e. The zero-order chi connectivity index (χ0) is 29.8. The molecule has 0 N–H and O–H groups in total. The first-order chi connectivity index (χ1) is 19.0. The van der Waals surface area contributed by atoms with Gasteiger partial charge in [0.2, 0.25) is 0 Å². The number of esters is 2. The lowest BCUT2D eigenvalue weighted by Gasteiger charge is -2.25. The second-order valence-electron chi connectivity index (χ2n) is 11.8. The molecule has 4 nitrogen and oxygen atoms in total. The summed E-state index contributed by atoms with van der Waals surface area (Å²) in [6.07, 6.45) is 8.64. The Bertz CT molecular complexity index is 1020. The molecule has 0 fully saturated rings. The van der Waals surface area contributed by atoms with Gasteiger partial charge in [0.1, 0.15) is 11.5 Å². The fourth-order valence-electron chi connectivity index (χ4n) is 4.04. The predicted molar refractivity (Wildman–Crippen MR) is 171 cm³/mol. The standard InChI is InChI=1S/C34H50O4S2/c1-9-13-15-17-31(35)37-27-21-19-25(33(5,6)11-3)23-29(27)39-40-30-24-26(34(7,8)12-4)20-22-28(30)38-32(36)18-16-14-10-2/h19-24H,9-18H2,1-8H3. The average Bonchev–Trinajstić information content (AvgIpc) is 2.93. The van der Waals surface area contributed by atoms with E-state index in [9.17, 15) is 9.59 Å². The lowest BCUT2D eigenvalue weighted by molar-refractivity contribution is -0.135. The number of unbranched alkanes of at least 4 members (excludes halogenated alkanes) is 4. The molecular weight excluding hydrogens is 537 g/mol. The molecule has 2 aromatic rings.